The van der Waals surface area contributed by atoms with Gasteiger partial charge in [0.25, 0.3) is 0 Å². The summed E-state index contributed by atoms with van der Waals surface area (Å²) in [6.07, 6.45) is 1.98. The highest BCUT2D eigenvalue weighted by molar-refractivity contribution is 5.89. The second-order valence-corrected chi connectivity index (χ2v) is 6.26. The Labute approximate surface area is 150 Å². The fraction of sp³-hybridized carbons (Fsp3) is 0.300. The van der Waals surface area contributed by atoms with E-state index in [9.17, 15) is 19.1 Å². The summed E-state index contributed by atoms with van der Waals surface area (Å²) in [4.78, 5) is 23.6. The number of aromatic carboxylic acids is 1. The normalized spacial score (nSPS) is 16.1. The first-order valence-corrected chi connectivity index (χ1v) is 8.57. The number of halogens is 1. The fourth-order valence-electron chi connectivity index (χ4n) is 3.16. The van der Waals surface area contributed by atoms with Crippen LogP contribution in [-0.4, -0.2) is 23.6 Å². The van der Waals surface area contributed by atoms with Crippen molar-refractivity contribution >= 4 is 11.9 Å². The first-order chi connectivity index (χ1) is 12.5. The number of carbonyl (C=O) groups is 2. The molecule has 26 heavy (non-hydrogen) atoms. The topological polar surface area (TPSA) is 75.6 Å². The first kappa shape index (κ1) is 17.9. The summed E-state index contributed by atoms with van der Waals surface area (Å²) in [5, 5.41) is 12.2. The van der Waals surface area contributed by atoms with Crippen LogP contribution in [-0.2, 0) is 11.2 Å². The lowest BCUT2D eigenvalue weighted by atomic mass is 10.0. The van der Waals surface area contributed by atoms with Gasteiger partial charge in [-0.25, -0.2) is 9.18 Å². The smallest absolute Gasteiger partial charge is 0.335 e. The van der Waals surface area contributed by atoms with E-state index in [-0.39, 0.29) is 29.8 Å². The number of fused-ring (bicyclic) bond motifs is 1. The zero-order chi connectivity index (χ0) is 18.5. The van der Waals surface area contributed by atoms with Crippen molar-refractivity contribution < 1.29 is 23.8 Å². The highest BCUT2D eigenvalue weighted by Crippen LogP contribution is 2.32. The van der Waals surface area contributed by atoms with Crippen molar-refractivity contribution in [3.63, 3.8) is 0 Å². The maximum absolute atomic E-state index is 13.4. The summed E-state index contributed by atoms with van der Waals surface area (Å²) >= 11 is 0. The Morgan fingerprint density at radius 3 is 2.85 bits per heavy atom. The number of carboxylic acid groups (broad SMARTS) is 1. The van der Waals surface area contributed by atoms with Crippen LogP contribution in [0.15, 0.2) is 42.5 Å². The number of carboxylic acids is 1. The number of ether oxygens (including phenoxy) is 1. The Hall–Kier alpha value is -2.89. The predicted molar refractivity (Wildman–Crippen MR) is 93.7 cm³/mol. The van der Waals surface area contributed by atoms with Crippen molar-refractivity contribution in [2.24, 2.45) is 0 Å². The molecule has 0 bridgehead atoms. The molecule has 1 amide bonds. The number of hydrogen-bond acceptors (Lipinski definition) is 3. The molecule has 0 aliphatic carbocycles. The van der Waals surface area contributed by atoms with E-state index in [0.29, 0.717) is 30.8 Å². The molecule has 0 saturated heterocycles. The number of nitrogens with one attached hydrogen (secondary N) is 1. The molecule has 5 nitrogen and oxygen atoms in total. The zero-order valence-electron chi connectivity index (χ0n) is 14.2. The summed E-state index contributed by atoms with van der Waals surface area (Å²) in [7, 11) is 0. The average molecular weight is 357 g/mol. The van der Waals surface area contributed by atoms with Gasteiger partial charge in [0.2, 0.25) is 5.91 Å². The van der Waals surface area contributed by atoms with Gasteiger partial charge < -0.3 is 15.2 Å². The van der Waals surface area contributed by atoms with Crippen LogP contribution in [0.25, 0.3) is 0 Å². The minimum Gasteiger partial charge on any atom is -0.493 e. The molecule has 0 saturated carbocycles. The third-order valence-electron chi connectivity index (χ3n) is 4.45. The molecule has 0 radical (unpaired) electrons. The molecule has 0 fully saturated rings. The lowest BCUT2D eigenvalue weighted by Crippen LogP contribution is -2.28. The van der Waals surface area contributed by atoms with Crippen molar-refractivity contribution in [2.75, 3.05) is 6.61 Å². The van der Waals surface area contributed by atoms with Crippen molar-refractivity contribution in [3.05, 3.63) is 65.0 Å². The monoisotopic (exact) mass is 357 g/mol. The van der Waals surface area contributed by atoms with Gasteiger partial charge in [-0.15, -0.1) is 0 Å². The quantitative estimate of drug-likeness (QED) is 0.859. The Balaban J connectivity index is 1.67. The summed E-state index contributed by atoms with van der Waals surface area (Å²) in [6.45, 7) is 0.481. The summed E-state index contributed by atoms with van der Waals surface area (Å²) < 4.78 is 19.0. The van der Waals surface area contributed by atoms with Gasteiger partial charge >= 0.3 is 5.97 Å². The van der Waals surface area contributed by atoms with E-state index in [1.807, 2.05) is 0 Å². The number of benzene rings is 2. The van der Waals surface area contributed by atoms with Crippen molar-refractivity contribution in [1.82, 2.24) is 5.32 Å². The number of amides is 1. The van der Waals surface area contributed by atoms with Gasteiger partial charge in [0.05, 0.1) is 18.2 Å². The lowest BCUT2D eigenvalue weighted by molar-refractivity contribution is -0.121. The van der Waals surface area contributed by atoms with E-state index in [2.05, 4.69) is 5.32 Å². The number of aryl methyl sites for hydroxylation is 1. The van der Waals surface area contributed by atoms with E-state index >= 15 is 0 Å². The van der Waals surface area contributed by atoms with Crippen LogP contribution in [0, 0.1) is 5.82 Å². The van der Waals surface area contributed by atoms with Crippen molar-refractivity contribution in [1.29, 1.82) is 0 Å². The van der Waals surface area contributed by atoms with E-state index in [4.69, 9.17) is 4.74 Å². The van der Waals surface area contributed by atoms with Gasteiger partial charge in [-0.05, 0) is 37.0 Å². The molecule has 1 unspecified atom stereocenters. The maximum Gasteiger partial charge on any atom is 0.335 e. The van der Waals surface area contributed by atoms with Crippen molar-refractivity contribution in [2.45, 2.75) is 31.7 Å². The lowest BCUT2D eigenvalue weighted by Gasteiger charge is -2.18. The molecule has 3 rings (SSSR count). The largest absolute Gasteiger partial charge is 0.493 e. The average Bonchev–Trinajstić information content (AvgIpc) is 2.82. The maximum atomic E-state index is 13.4. The van der Waals surface area contributed by atoms with Crippen LogP contribution in [0.3, 0.4) is 0 Å². The summed E-state index contributed by atoms with van der Waals surface area (Å²) in [6, 6.07) is 10.8. The molecule has 1 atom stereocenters. The Bertz CT molecular complexity index is 821. The Kier molecular flexibility index (Phi) is 5.51. The SMILES string of the molecule is O=C(CCc1ccccc1C(=O)O)NC1CCCOc2cc(F)ccc21. The van der Waals surface area contributed by atoms with Gasteiger partial charge in [-0.2, -0.15) is 0 Å². The molecule has 6 heteroatoms. The van der Waals surface area contributed by atoms with Gasteiger partial charge in [0.15, 0.2) is 0 Å². The molecular formula is C20H20FNO4. The fourth-order valence-corrected chi connectivity index (χ4v) is 3.16. The summed E-state index contributed by atoms with van der Waals surface area (Å²) in [5.74, 6) is -1.09. The van der Waals surface area contributed by atoms with Crippen LogP contribution in [0.5, 0.6) is 5.75 Å². The number of rotatable bonds is 5. The molecule has 0 aromatic heterocycles. The molecule has 136 valence electrons. The van der Waals surface area contributed by atoms with Gasteiger partial charge in [0.1, 0.15) is 11.6 Å². The van der Waals surface area contributed by atoms with Crippen molar-refractivity contribution in [3.8, 4) is 5.75 Å². The number of hydrogen-bond donors (Lipinski definition) is 2. The van der Waals surface area contributed by atoms with Crippen LogP contribution in [0.4, 0.5) is 4.39 Å². The number of carbonyl (C=O) groups excluding carboxylic acids is 1. The second kappa shape index (κ2) is 7.99. The van der Waals surface area contributed by atoms with Gasteiger partial charge in [-0.3, -0.25) is 4.79 Å². The minimum atomic E-state index is -1.00. The third kappa shape index (κ3) is 4.20. The Morgan fingerprint density at radius 2 is 2.04 bits per heavy atom. The van der Waals surface area contributed by atoms with Crippen LogP contribution in [0.2, 0.25) is 0 Å². The molecule has 1 aliphatic rings. The highest BCUT2D eigenvalue weighted by atomic mass is 19.1. The molecule has 1 heterocycles. The van der Waals surface area contributed by atoms with E-state index in [1.54, 1.807) is 24.3 Å². The van der Waals surface area contributed by atoms with E-state index in [1.165, 1.54) is 18.2 Å². The Morgan fingerprint density at radius 1 is 1.23 bits per heavy atom. The minimum absolute atomic E-state index is 0.174. The molecular weight excluding hydrogens is 337 g/mol. The second-order valence-electron chi connectivity index (χ2n) is 6.26. The highest BCUT2D eigenvalue weighted by Gasteiger charge is 2.22. The summed E-state index contributed by atoms with van der Waals surface area (Å²) in [5.41, 5.74) is 1.61. The standard InChI is InChI=1S/C20H20FNO4/c21-14-8-9-16-17(6-3-11-26-18(16)12-14)22-19(23)10-7-13-4-1-2-5-15(13)20(24)25/h1-2,4-5,8-9,12,17H,3,6-7,10-11H2,(H,22,23)(H,24,25). The van der Waals surface area contributed by atoms with Crippen LogP contribution < -0.4 is 10.1 Å². The molecule has 0 spiro atoms. The van der Waals surface area contributed by atoms with Crippen LogP contribution in [0.1, 0.15) is 46.8 Å². The van der Waals surface area contributed by atoms with Gasteiger partial charge in [0, 0.05) is 18.1 Å². The molecule has 2 aromatic carbocycles. The third-order valence-corrected chi connectivity index (χ3v) is 4.45. The molecule has 2 aromatic rings. The predicted octanol–water partition coefficient (Wildman–Crippen LogP) is 3.49. The van der Waals surface area contributed by atoms with Crippen LogP contribution >= 0.6 is 0 Å². The molecule has 2 N–H and O–H groups in total. The van der Waals surface area contributed by atoms with Gasteiger partial charge in [-0.1, -0.05) is 24.3 Å². The molecule has 1 aliphatic heterocycles. The van der Waals surface area contributed by atoms with E-state index in [0.717, 1.165) is 12.0 Å². The zero-order valence-corrected chi connectivity index (χ0v) is 14.2. The van der Waals surface area contributed by atoms with E-state index < -0.39 is 5.97 Å². The first-order valence-electron chi connectivity index (χ1n) is 8.57.